The number of rotatable bonds is 2. The van der Waals surface area contributed by atoms with E-state index in [0.29, 0.717) is 25.1 Å². The number of aliphatic hydroxyl groups is 1. The van der Waals surface area contributed by atoms with Gasteiger partial charge in [-0.1, -0.05) is 13.8 Å². The molecule has 2 atom stereocenters. The average Bonchev–Trinajstić information content (AvgIpc) is 2.80. The summed E-state index contributed by atoms with van der Waals surface area (Å²) in [5.74, 6) is 0.971. The van der Waals surface area contributed by atoms with Gasteiger partial charge in [-0.15, -0.1) is 0 Å². The minimum Gasteiger partial charge on any atom is -0.469 e. The molecule has 1 N–H and O–H groups in total. The van der Waals surface area contributed by atoms with Crippen LogP contribution in [-0.2, 0) is 6.42 Å². The lowest BCUT2D eigenvalue weighted by molar-refractivity contribution is 0.0247. The third-order valence-electron chi connectivity index (χ3n) is 3.50. The first kappa shape index (κ1) is 12.2. The van der Waals surface area contributed by atoms with Crippen molar-refractivity contribution >= 4 is 5.91 Å². The van der Waals surface area contributed by atoms with Crippen LogP contribution in [0.1, 0.15) is 36.4 Å². The largest absolute Gasteiger partial charge is 0.469 e. The quantitative estimate of drug-likeness (QED) is 0.851. The van der Waals surface area contributed by atoms with Crippen LogP contribution in [0.25, 0.3) is 0 Å². The van der Waals surface area contributed by atoms with Crippen molar-refractivity contribution in [2.24, 2.45) is 5.92 Å². The molecule has 1 aromatic heterocycles. The van der Waals surface area contributed by atoms with Crippen molar-refractivity contribution < 1.29 is 14.3 Å². The number of piperidine rings is 1. The van der Waals surface area contributed by atoms with Crippen LogP contribution >= 0.6 is 0 Å². The topological polar surface area (TPSA) is 53.7 Å². The predicted molar refractivity (Wildman–Crippen MR) is 63.8 cm³/mol. The van der Waals surface area contributed by atoms with Crippen LogP contribution in [0.15, 0.2) is 16.7 Å². The van der Waals surface area contributed by atoms with Gasteiger partial charge in [0.2, 0.25) is 0 Å². The average molecular weight is 237 g/mol. The second-order valence-corrected chi connectivity index (χ2v) is 4.70. The van der Waals surface area contributed by atoms with Crippen molar-refractivity contribution in [3.05, 3.63) is 23.7 Å². The maximum absolute atomic E-state index is 12.2. The van der Waals surface area contributed by atoms with Crippen LogP contribution in [0.4, 0.5) is 0 Å². The van der Waals surface area contributed by atoms with Gasteiger partial charge >= 0.3 is 0 Å². The molecule has 1 aromatic rings. The summed E-state index contributed by atoms with van der Waals surface area (Å²) in [5, 5.41) is 9.80. The molecule has 2 unspecified atom stereocenters. The Bertz CT molecular complexity index is 399. The van der Waals surface area contributed by atoms with Crippen molar-refractivity contribution in [2.75, 3.05) is 13.1 Å². The maximum Gasteiger partial charge on any atom is 0.257 e. The minimum absolute atomic E-state index is 0.0263. The first-order valence-electron chi connectivity index (χ1n) is 6.17. The van der Waals surface area contributed by atoms with E-state index in [4.69, 9.17) is 4.42 Å². The molecule has 0 spiro atoms. The molecular weight excluding hydrogens is 218 g/mol. The Hall–Kier alpha value is -1.29. The van der Waals surface area contributed by atoms with Gasteiger partial charge in [0, 0.05) is 19.5 Å². The molecule has 0 aromatic carbocycles. The molecule has 0 bridgehead atoms. The summed E-state index contributed by atoms with van der Waals surface area (Å²) >= 11 is 0. The zero-order valence-electron chi connectivity index (χ0n) is 10.3. The second kappa shape index (κ2) is 4.92. The fourth-order valence-electron chi connectivity index (χ4n) is 2.21. The van der Waals surface area contributed by atoms with E-state index < -0.39 is 6.10 Å². The fourth-order valence-corrected chi connectivity index (χ4v) is 2.21. The first-order valence-corrected chi connectivity index (χ1v) is 6.17. The highest BCUT2D eigenvalue weighted by molar-refractivity contribution is 5.95. The summed E-state index contributed by atoms with van der Waals surface area (Å²) in [4.78, 5) is 14.0. The highest BCUT2D eigenvalue weighted by Crippen LogP contribution is 2.21. The third kappa shape index (κ3) is 2.36. The number of carbonyl (C=O) groups excluding carboxylic acids is 1. The molecule has 0 radical (unpaired) electrons. The predicted octanol–water partition coefficient (Wildman–Crippen LogP) is 1.68. The smallest absolute Gasteiger partial charge is 0.257 e. The number of hydrogen-bond donors (Lipinski definition) is 1. The van der Waals surface area contributed by atoms with E-state index in [1.165, 1.54) is 0 Å². The lowest BCUT2D eigenvalue weighted by Crippen LogP contribution is -2.45. The van der Waals surface area contributed by atoms with Crippen molar-refractivity contribution in [2.45, 2.75) is 32.8 Å². The van der Waals surface area contributed by atoms with Gasteiger partial charge in [0.15, 0.2) is 0 Å². The van der Waals surface area contributed by atoms with Crippen LogP contribution < -0.4 is 0 Å². The van der Waals surface area contributed by atoms with Crippen LogP contribution in [0.3, 0.4) is 0 Å². The number of nitrogens with zero attached hydrogens (tertiary/aromatic N) is 1. The first-order chi connectivity index (χ1) is 8.13. The SMILES string of the molecule is CCc1occc1C(=O)N1CCC(C)C(O)C1. The Morgan fingerprint density at radius 2 is 2.41 bits per heavy atom. The monoisotopic (exact) mass is 237 g/mol. The van der Waals surface area contributed by atoms with E-state index in [-0.39, 0.29) is 11.8 Å². The highest BCUT2D eigenvalue weighted by Gasteiger charge is 2.29. The molecule has 2 heterocycles. The van der Waals surface area contributed by atoms with E-state index in [1.54, 1.807) is 17.2 Å². The Labute approximate surface area is 101 Å². The Balaban J connectivity index is 2.10. The molecule has 1 aliphatic heterocycles. The van der Waals surface area contributed by atoms with E-state index in [0.717, 1.165) is 12.2 Å². The van der Waals surface area contributed by atoms with Gasteiger partial charge in [-0.3, -0.25) is 4.79 Å². The molecule has 2 rings (SSSR count). The number of furan rings is 1. The number of aryl methyl sites for hydroxylation is 1. The molecule has 94 valence electrons. The molecule has 0 saturated carbocycles. The van der Waals surface area contributed by atoms with Crippen molar-refractivity contribution in [3.63, 3.8) is 0 Å². The number of carbonyl (C=O) groups is 1. The zero-order chi connectivity index (χ0) is 12.4. The molecular formula is C13H19NO3. The summed E-state index contributed by atoms with van der Waals surface area (Å²) < 4.78 is 5.26. The van der Waals surface area contributed by atoms with E-state index >= 15 is 0 Å². The van der Waals surface area contributed by atoms with Gasteiger partial charge in [-0.25, -0.2) is 0 Å². The molecule has 1 aliphatic rings. The van der Waals surface area contributed by atoms with Gasteiger partial charge in [-0.05, 0) is 18.4 Å². The number of likely N-dealkylation sites (tertiary alicyclic amines) is 1. The second-order valence-electron chi connectivity index (χ2n) is 4.70. The number of amides is 1. The molecule has 1 fully saturated rings. The molecule has 4 nitrogen and oxygen atoms in total. The van der Waals surface area contributed by atoms with Crippen LogP contribution in [0.5, 0.6) is 0 Å². The summed E-state index contributed by atoms with van der Waals surface area (Å²) in [6, 6.07) is 1.71. The lowest BCUT2D eigenvalue weighted by atomic mass is 9.95. The third-order valence-corrected chi connectivity index (χ3v) is 3.50. The molecule has 0 aliphatic carbocycles. The van der Waals surface area contributed by atoms with Gasteiger partial charge in [-0.2, -0.15) is 0 Å². The Kier molecular flexibility index (Phi) is 3.52. The molecule has 4 heteroatoms. The standard InChI is InChI=1S/C13H19NO3/c1-3-12-10(5-7-17-12)13(16)14-6-4-9(2)11(15)8-14/h5,7,9,11,15H,3-4,6,8H2,1-2H3. The number of β-amino-alcohol motifs (C(OH)–C–C–N with tert-alkyl or cyclic N) is 1. The van der Waals surface area contributed by atoms with Crippen LogP contribution in [0.2, 0.25) is 0 Å². The van der Waals surface area contributed by atoms with Gasteiger partial charge in [0.1, 0.15) is 5.76 Å². The molecule has 17 heavy (non-hydrogen) atoms. The Morgan fingerprint density at radius 1 is 1.65 bits per heavy atom. The van der Waals surface area contributed by atoms with E-state index in [1.807, 2.05) is 13.8 Å². The maximum atomic E-state index is 12.2. The van der Waals surface area contributed by atoms with Gasteiger partial charge < -0.3 is 14.4 Å². The van der Waals surface area contributed by atoms with Gasteiger partial charge in [0.05, 0.1) is 17.9 Å². The van der Waals surface area contributed by atoms with E-state index in [9.17, 15) is 9.90 Å². The normalized spacial score (nSPS) is 25.0. The summed E-state index contributed by atoms with van der Waals surface area (Å²) in [7, 11) is 0. The van der Waals surface area contributed by atoms with Crippen molar-refractivity contribution in [1.29, 1.82) is 0 Å². The van der Waals surface area contributed by atoms with Gasteiger partial charge in [0.25, 0.3) is 5.91 Å². The molecule has 1 saturated heterocycles. The summed E-state index contributed by atoms with van der Waals surface area (Å²) in [6.45, 7) is 5.12. The number of hydrogen-bond acceptors (Lipinski definition) is 3. The summed E-state index contributed by atoms with van der Waals surface area (Å²) in [5.41, 5.74) is 0.634. The Morgan fingerprint density at radius 3 is 3.06 bits per heavy atom. The van der Waals surface area contributed by atoms with Crippen LogP contribution in [-0.4, -0.2) is 35.1 Å². The highest BCUT2D eigenvalue weighted by atomic mass is 16.3. The lowest BCUT2D eigenvalue weighted by Gasteiger charge is -2.34. The minimum atomic E-state index is -0.412. The fraction of sp³-hybridized carbons (Fsp3) is 0.615. The number of aliphatic hydroxyl groups excluding tert-OH is 1. The van der Waals surface area contributed by atoms with E-state index in [2.05, 4.69) is 0 Å². The van der Waals surface area contributed by atoms with Crippen LogP contribution in [0, 0.1) is 5.92 Å². The van der Waals surface area contributed by atoms with Crippen molar-refractivity contribution in [3.8, 4) is 0 Å². The molecule has 1 amide bonds. The zero-order valence-corrected chi connectivity index (χ0v) is 10.3. The van der Waals surface area contributed by atoms with Crippen molar-refractivity contribution in [1.82, 2.24) is 4.90 Å². The summed E-state index contributed by atoms with van der Waals surface area (Å²) in [6.07, 6.45) is 2.70.